The molecule has 0 saturated heterocycles. The Bertz CT molecular complexity index is 503. The van der Waals surface area contributed by atoms with E-state index in [1.165, 1.54) is 10.7 Å². The van der Waals surface area contributed by atoms with Crippen molar-refractivity contribution in [2.45, 2.75) is 19.9 Å². The van der Waals surface area contributed by atoms with Crippen molar-refractivity contribution in [1.29, 1.82) is 0 Å². The van der Waals surface area contributed by atoms with Crippen molar-refractivity contribution in [1.82, 2.24) is 9.78 Å². The third-order valence-corrected chi connectivity index (χ3v) is 2.46. The highest BCUT2D eigenvalue weighted by molar-refractivity contribution is 5.43. The lowest BCUT2D eigenvalue weighted by Crippen LogP contribution is -2.11. The summed E-state index contributed by atoms with van der Waals surface area (Å²) in [7, 11) is 0. The lowest BCUT2D eigenvalue weighted by atomic mass is 10.1. The van der Waals surface area contributed by atoms with Crippen LogP contribution in [-0.4, -0.2) is 9.78 Å². The Kier molecular flexibility index (Phi) is 2.75. The molecule has 0 fully saturated rings. The Labute approximate surface area is 93.7 Å². The summed E-state index contributed by atoms with van der Waals surface area (Å²) in [5.41, 5.74) is 7.85. The molecule has 1 unspecified atom stereocenters. The molecule has 0 amide bonds. The van der Waals surface area contributed by atoms with Gasteiger partial charge >= 0.3 is 0 Å². The fourth-order valence-corrected chi connectivity index (χ4v) is 1.68. The molecule has 2 rings (SSSR count). The summed E-state index contributed by atoms with van der Waals surface area (Å²) in [6.07, 6.45) is 1.74. The Balaban J connectivity index is 2.62. The van der Waals surface area contributed by atoms with E-state index in [1.807, 2.05) is 26.0 Å². The normalized spacial score (nSPS) is 12.8. The average molecular weight is 219 g/mol. The van der Waals surface area contributed by atoms with E-state index in [2.05, 4.69) is 5.10 Å². The van der Waals surface area contributed by atoms with Crippen LogP contribution in [0.1, 0.15) is 24.2 Å². The monoisotopic (exact) mass is 219 g/mol. The maximum absolute atomic E-state index is 13.8. The predicted molar refractivity (Wildman–Crippen MR) is 60.9 cm³/mol. The highest BCUT2D eigenvalue weighted by atomic mass is 19.1. The Hall–Kier alpha value is -1.68. The van der Waals surface area contributed by atoms with Crippen molar-refractivity contribution in [2.24, 2.45) is 5.73 Å². The first-order chi connectivity index (χ1) is 7.59. The highest BCUT2D eigenvalue weighted by Gasteiger charge is 2.13. The van der Waals surface area contributed by atoms with Gasteiger partial charge in [0.1, 0.15) is 11.5 Å². The number of para-hydroxylation sites is 1. The number of benzene rings is 1. The summed E-state index contributed by atoms with van der Waals surface area (Å²) in [5.74, 6) is -0.307. The zero-order valence-corrected chi connectivity index (χ0v) is 9.31. The van der Waals surface area contributed by atoms with E-state index in [0.29, 0.717) is 5.69 Å². The summed E-state index contributed by atoms with van der Waals surface area (Å²) in [5, 5.41) is 4.21. The first-order valence-electron chi connectivity index (χ1n) is 5.16. The Morgan fingerprint density at radius 2 is 2.12 bits per heavy atom. The van der Waals surface area contributed by atoms with Gasteiger partial charge in [0.25, 0.3) is 0 Å². The number of nitrogens with zero attached hydrogens (tertiary/aromatic N) is 2. The molecule has 0 aliphatic heterocycles. The summed E-state index contributed by atoms with van der Waals surface area (Å²) in [6.45, 7) is 3.69. The van der Waals surface area contributed by atoms with Gasteiger partial charge < -0.3 is 5.73 Å². The number of nitrogens with two attached hydrogens (primary N) is 1. The van der Waals surface area contributed by atoms with Crippen molar-refractivity contribution in [3.8, 4) is 5.69 Å². The van der Waals surface area contributed by atoms with Crippen LogP contribution < -0.4 is 5.73 Å². The third-order valence-electron chi connectivity index (χ3n) is 2.46. The van der Waals surface area contributed by atoms with Gasteiger partial charge in [0.15, 0.2) is 0 Å². The molecule has 16 heavy (non-hydrogen) atoms. The van der Waals surface area contributed by atoms with E-state index in [0.717, 1.165) is 11.3 Å². The van der Waals surface area contributed by atoms with Crippen LogP contribution in [0.15, 0.2) is 30.5 Å². The maximum atomic E-state index is 13.8. The molecule has 0 saturated carbocycles. The lowest BCUT2D eigenvalue weighted by Gasteiger charge is -2.13. The fourth-order valence-electron chi connectivity index (χ4n) is 1.68. The molecular formula is C12H14FN3. The third kappa shape index (κ3) is 1.84. The van der Waals surface area contributed by atoms with Crippen LogP contribution >= 0.6 is 0 Å². The van der Waals surface area contributed by atoms with Gasteiger partial charge in [-0.15, -0.1) is 0 Å². The van der Waals surface area contributed by atoms with Crippen LogP contribution in [-0.2, 0) is 0 Å². The minimum Gasteiger partial charge on any atom is -0.324 e. The Morgan fingerprint density at radius 3 is 2.69 bits per heavy atom. The summed E-state index contributed by atoms with van der Waals surface area (Å²) in [6, 6.07) is 6.50. The van der Waals surface area contributed by atoms with Gasteiger partial charge in [-0.1, -0.05) is 12.1 Å². The van der Waals surface area contributed by atoms with Gasteiger partial charge in [0, 0.05) is 12.2 Å². The maximum Gasteiger partial charge on any atom is 0.149 e. The van der Waals surface area contributed by atoms with E-state index in [1.54, 1.807) is 12.3 Å². The molecule has 2 N–H and O–H groups in total. The molecule has 3 nitrogen and oxygen atoms in total. The molecule has 1 atom stereocenters. The van der Waals surface area contributed by atoms with Crippen LogP contribution in [0.25, 0.3) is 5.69 Å². The molecule has 1 heterocycles. The second-order valence-corrected chi connectivity index (χ2v) is 3.87. The number of aryl methyl sites for hydroxylation is 1. The zero-order valence-electron chi connectivity index (χ0n) is 9.31. The largest absolute Gasteiger partial charge is 0.324 e. The highest BCUT2D eigenvalue weighted by Crippen LogP contribution is 2.22. The van der Waals surface area contributed by atoms with Gasteiger partial charge in [0.2, 0.25) is 0 Å². The minimum absolute atomic E-state index is 0.227. The standard InChI is InChI=1S/C12H14FN3/c1-8-6-7-16(15-8)12-10(9(2)14)4-3-5-11(12)13/h3-7,9H,14H2,1-2H3. The molecule has 1 aromatic heterocycles. The van der Waals surface area contributed by atoms with Crippen molar-refractivity contribution in [3.63, 3.8) is 0 Å². The fraction of sp³-hybridized carbons (Fsp3) is 0.250. The Morgan fingerprint density at radius 1 is 1.38 bits per heavy atom. The van der Waals surface area contributed by atoms with Gasteiger partial charge in [0.05, 0.1) is 5.69 Å². The molecule has 4 heteroatoms. The first-order valence-corrected chi connectivity index (χ1v) is 5.16. The SMILES string of the molecule is Cc1ccn(-c2c(F)cccc2C(C)N)n1. The molecule has 0 bridgehead atoms. The van der Waals surface area contributed by atoms with E-state index < -0.39 is 0 Å². The van der Waals surface area contributed by atoms with Crippen LogP contribution in [0.5, 0.6) is 0 Å². The number of hydrogen-bond donors (Lipinski definition) is 1. The van der Waals surface area contributed by atoms with Crippen LogP contribution in [0.4, 0.5) is 4.39 Å². The van der Waals surface area contributed by atoms with E-state index in [4.69, 9.17) is 5.73 Å². The van der Waals surface area contributed by atoms with Crippen LogP contribution in [0, 0.1) is 12.7 Å². The van der Waals surface area contributed by atoms with Crippen molar-refractivity contribution in [2.75, 3.05) is 0 Å². The van der Waals surface area contributed by atoms with Gasteiger partial charge in [-0.2, -0.15) is 5.10 Å². The van der Waals surface area contributed by atoms with Gasteiger partial charge in [-0.25, -0.2) is 9.07 Å². The molecule has 0 aliphatic rings. The van der Waals surface area contributed by atoms with E-state index >= 15 is 0 Å². The molecular weight excluding hydrogens is 205 g/mol. The number of hydrogen-bond acceptors (Lipinski definition) is 2. The minimum atomic E-state index is -0.307. The molecule has 1 aromatic carbocycles. The van der Waals surface area contributed by atoms with Crippen molar-refractivity contribution >= 4 is 0 Å². The summed E-state index contributed by atoms with van der Waals surface area (Å²) in [4.78, 5) is 0. The number of aromatic nitrogens is 2. The molecule has 2 aromatic rings. The van der Waals surface area contributed by atoms with Crippen LogP contribution in [0.3, 0.4) is 0 Å². The molecule has 0 radical (unpaired) electrons. The average Bonchev–Trinajstić information content (AvgIpc) is 2.64. The van der Waals surface area contributed by atoms with Crippen molar-refractivity contribution in [3.05, 3.63) is 47.5 Å². The van der Waals surface area contributed by atoms with E-state index in [-0.39, 0.29) is 11.9 Å². The smallest absolute Gasteiger partial charge is 0.149 e. The number of rotatable bonds is 2. The quantitative estimate of drug-likeness (QED) is 0.842. The van der Waals surface area contributed by atoms with Gasteiger partial charge in [-0.3, -0.25) is 0 Å². The lowest BCUT2D eigenvalue weighted by molar-refractivity contribution is 0.602. The number of halogens is 1. The molecule has 0 aliphatic carbocycles. The predicted octanol–water partition coefficient (Wildman–Crippen LogP) is 2.34. The molecule has 0 spiro atoms. The topological polar surface area (TPSA) is 43.8 Å². The summed E-state index contributed by atoms with van der Waals surface area (Å²) >= 11 is 0. The second kappa shape index (κ2) is 4.06. The zero-order chi connectivity index (χ0) is 11.7. The van der Waals surface area contributed by atoms with Crippen LogP contribution in [0.2, 0.25) is 0 Å². The second-order valence-electron chi connectivity index (χ2n) is 3.87. The van der Waals surface area contributed by atoms with Crippen molar-refractivity contribution < 1.29 is 4.39 Å². The van der Waals surface area contributed by atoms with Gasteiger partial charge in [-0.05, 0) is 31.5 Å². The first kappa shape index (κ1) is 10.8. The summed E-state index contributed by atoms with van der Waals surface area (Å²) < 4.78 is 15.3. The molecule has 84 valence electrons. The van der Waals surface area contributed by atoms with E-state index in [9.17, 15) is 4.39 Å².